The van der Waals surface area contributed by atoms with Gasteiger partial charge in [-0.05, 0) is 82.3 Å². The molecule has 8 heteroatoms. The maximum absolute atomic E-state index is 14.2. The molecule has 3 aromatic rings. The second-order valence-corrected chi connectivity index (χ2v) is 13.1. The van der Waals surface area contributed by atoms with Gasteiger partial charge in [0.15, 0.2) is 0 Å². The van der Waals surface area contributed by atoms with E-state index in [9.17, 15) is 18.0 Å². The van der Waals surface area contributed by atoms with Gasteiger partial charge in [-0.25, -0.2) is 8.42 Å². The monoisotopic (exact) mass is 575 g/mol. The van der Waals surface area contributed by atoms with Crippen LogP contribution in [0.15, 0.2) is 71.6 Å². The molecule has 0 radical (unpaired) electrons. The highest BCUT2D eigenvalue weighted by atomic mass is 32.2. The maximum Gasteiger partial charge on any atom is 0.264 e. The van der Waals surface area contributed by atoms with Crippen LogP contribution in [0, 0.1) is 27.7 Å². The number of carbonyl (C=O) groups is 2. The van der Waals surface area contributed by atoms with E-state index in [0.717, 1.165) is 53.5 Å². The van der Waals surface area contributed by atoms with Crippen LogP contribution in [0.4, 0.5) is 5.69 Å². The Morgan fingerprint density at radius 3 is 2.22 bits per heavy atom. The van der Waals surface area contributed by atoms with Crippen LogP contribution >= 0.6 is 0 Å². The van der Waals surface area contributed by atoms with Crippen LogP contribution in [0.3, 0.4) is 0 Å². The fourth-order valence-corrected chi connectivity index (χ4v) is 6.81. The zero-order valence-corrected chi connectivity index (χ0v) is 25.5. The summed E-state index contributed by atoms with van der Waals surface area (Å²) in [5.74, 6) is -0.672. The lowest BCUT2D eigenvalue weighted by atomic mass is 10.1. The van der Waals surface area contributed by atoms with Crippen LogP contribution in [0.1, 0.15) is 60.4 Å². The molecule has 1 aliphatic rings. The Bertz CT molecular complexity index is 1500. The highest BCUT2D eigenvalue weighted by Crippen LogP contribution is 2.29. The van der Waals surface area contributed by atoms with Gasteiger partial charge in [-0.2, -0.15) is 0 Å². The predicted octanol–water partition coefficient (Wildman–Crippen LogP) is 5.59. The first-order valence-electron chi connectivity index (χ1n) is 14.3. The third-order valence-electron chi connectivity index (χ3n) is 8.04. The first kappa shape index (κ1) is 30.3. The molecule has 1 unspecified atom stereocenters. The van der Waals surface area contributed by atoms with E-state index in [1.807, 2.05) is 58.0 Å². The van der Waals surface area contributed by atoms with Gasteiger partial charge in [0.1, 0.15) is 12.6 Å². The van der Waals surface area contributed by atoms with Crippen molar-refractivity contribution < 1.29 is 18.0 Å². The average molecular weight is 576 g/mol. The molecular formula is C33H41N3O4S. The van der Waals surface area contributed by atoms with Gasteiger partial charge in [-0.1, -0.05) is 72.5 Å². The Hall–Kier alpha value is -3.65. The van der Waals surface area contributed by atoms with Crippen molar-refractivity contribution in [3.8, 4) is 0 Å². The molecule has 3 aromatic carbocycles. The fraction of sp³-hybridized carbons (Fsp3) is 0.394. The predicted molar refractivity (Wildman–Crippen MR) is 163 cm³/mol. The molecule has 41 heavy (non-hydrogen) atoms. The third-order valence-corrected chi connectivity index (χ3v) is 9.81. The van der Waals surface area contributed by atoms with Gasteiger partial charge in [0.25, 0.3) is 10.0 Å². The van der Waals surface area contributed by atoms with E-state index in [1.54, 1.807) is 43.3 Å². The van der Waals surface area contributed by atoms with Crippen LogP contribution in [-0.2, 0) is 26.2 Å². The summed E-state index contributed by atoms with van der Waals surface area (Å²) in [5.41, 5.74) is 4.98. The van der Waals surface area contributed by atoms with E-state index in [0.29, 0.717) is 5.69 Å². The Balaban J connectivity index is 1.72. The van der Waals surface area contributed by atoms with E-state index in [1.165, 1.54) is 9.21 Å². The summed E-state index contributed by atoms with van der Waals surface area (Å²) >= 11 is 0. The second-order valence-electron chi connectivity index (χ2n) is 11.2. The molecule has 218 valence electrons. The summed E-state index contributed by atoms with van der Waals surface area (Å²) in [6, 6.07) is 19.2. The van der Waals surface area contributed by atoms with E-state index in [2.05, 4.69) is 5.32 Å². The van der Waals surface area contributed by atoms with Gasteiger partial charge in [-0.15, -0.1) is 0 Å². The van der Waals surface area contributed by atoms with Gasteiger partial charge in [-0.3, -0.25) is 13.9 Å². The van der Waals surface area contributed by atoms with E-state index in [4.69, 9.17) is 0 Å². The molecule has 0 saturated heterocycles. The Kier molecular flexibility index (Phi) is 9.53. The van der Waals surface area contributed by atoms with Crippen molar-refractivity contribution in [3.05, 3.63) is 94.5 Å². The molecule has 0 bridgehead atoms. The highest BCUT2D eigenvalue weighted by Gasteiger charge is 2.34. The van der Waals surface area contributed by atoms with Crippen molar-refractivity contribution in [1.29, 1.82) is 0 Å². The Labute approximate surface area is 244 Å². The Morgan fingerprint density at radius 1 is 0.902 bits per heavy atom. The molecule has 1 atom stereocenters. The number of aryl methyl sites for hydroxylation is 3. The smallest absolute Gasteiger partial charge is 0.264 e. The first-order chi connectivity index (χ1) is 19.5. The molecule has 0 aliphatic heterocycles. The number of benzene rings is 3. The number of nitrogens with zero attached hydrogens (tertiary/aromatic N) is 2. The molecule has 1 saturated carbocycles. The number of anilines is 1. The number of amides is 2. The number of carbonyl (C=O) groups excluding carboxylic acids is 2. The lowest BCUT2D eigenvalue weighted by molar-refractivity contribution is -0.139. The molecule has 0 spiro atoms. The second kappa shape index (κ2) is 12.9. The highest BCUT2D eigenvalue weighted by molar-refractivity contribution is 7.92. The molecule has 1 aliphatic carbocycles. The average Bonchev–Trinajstić information content (AvgIpc) is 3.45. The van der Waals surface area contributed by atoms with E-state index < -0.39 is 28.5 Å². The van der Waals surface area contributed by atoms with Gasteiger partial charge < -0.3 is 10.2 Å². The summed E-state index contributed by atoms with van der Waals surface area (Å²) < 4.78 is 29.3. The summed E-state index contributed by atoms with van der Waals surface area (Å²) in [5, 5.41) is 3.11. The molecule has 0 aromatic heterocycles. The number of nitrogens with one attached hydrogen (secondary N) is 1. The SMILES string of the molecule is Cc1ccc(S(=O)(=O)N(CC(=O)N(Cc2cccc(C)c2)C(C)C(=O)NC2CCCC2)c2cccc(C)c2C)cc1. The summed E-state index contributed by atoms with van der Waals surface area (Å²) in [4.78, 5) is 29.1. The van der Waals surface area contributed by atoms with E-state index >= 15 is 0 Å². The van der Waals surface area contributed by atoms with Crippen molar-refractivity contribution in [2.75, 3.05) is 10.8 Å². The molecular weight excluding hydrogens is 534 g/mol. The van der Waals surface area contributed by atoms with Crippen LogP contribution < -0.4 is 9.62 Å². The molecule has 2 amide bonds. The van der Waals surface area contributed by atoms with Crippen molar-refractivity contribution in [2.45, 2.75) is 83.8 Å². The lowest BCUT2D eigenvalue weighted by Crippen LogP contribution is -2.52. The molecule has 1 fully saturated rings. The van der Waals surface area contributed by atoms with Crippen molar-refractivity contribution in [3.63, 3.8) is 0 Å². The summed E-state index contributed by atoms with van der Waals surface area (Å²) in [7, 11) is -4.10. The van der Waals surface area contributed by atoms with Gasteiger partial charge in [0.2, 0.25) is 11.8 Å². The van der Waals surface area contributed by atoms with Crippen molar-refractivity contribution >= 4 is 27.5 Å². The maximum atomic E-state index is 14.2. The van der Waals surface area contributed by atoms with Crippen molar-refractivity contribution in [1.82, 2.24) is 10.2 Å². The zero-order valence-electron chi connectivity index (χ0n) is 24.7. The molecule has 4 rings (SSSR count). The van der Waals surface area contributed by atoms with E-state index in [-0.39, 0.29) is 23.4 Å². The number of hydrogen-bond acceptors (Lipinski definition) is 4. The minimum absolute atomic E-state index is 0.106. The minimum Gasteiger partial charge on any atom is -0.352 e. The van der Waals surface area contributed by atoms with Crippen LogP contribution in [0.5, 0.6) is 0 Å². The van der Waals surface area contributed by atoms with Gasteiger partial charge >= 0.3 is 0 Å². The summed E-state index contributed by atoms with van der Waals surface area (Å²) in [6.45, 7) is 9.10. The number of hydrogen-bond donors (Lipinski definition) is 1. The minimum atomic E-state index is -4.10. The molecule has 1 N–H and O–H groups in total. The first-order valence-corrected chi connectivity index (χ1v) is 15.7. The summed E-state index contributed by atoms with van der Waals surface area (Å²) in [6.07, 6.45) is 4.01. The molecule has 7 nitrogen and oxygen atoms in total. The van der Waals surface area contributed by atoms with Gasteiger partial charge in [0.05, 0.1) is 10.6 Å². The Morgan fingerprint density at radius 2 is 1.56 bits per heavy atom. The van der Waals surface area contributed by atoms with Crippen LogP contribution in [-0.4, -0.2) is 43.8 Å². The van der Waals surface area contributed by atoms with Crippen LogP contribution in [0.2, 0.25) is 0 Å². The molecule has 0 heterocycles. The fourth-order valence-electron chi connectivity index (χ4n) is 5.34. The van der Waals surface area contributed by atoms with Crippen molar-refractivity contribution in [2.24, 2.45) is 0 Å². The number of rotatable bonds is 10. The third kappa shape index (κ3) is 7.17. The van der Waals surface area contributed by atoms with Crippen LogP contribution in [0.25, 0.3) is 0 Å². The van der Waals surface area contributed by atoms with Gasteiger partial charge in [0, 0.05) is 12.6 Å². The zero-order chi connectivity index (χ0) is 29.7. The standard InChI is InChI=1S/C33H41N3O4S/c1-23-16-18-30(19-17-23)41(39,40)36(31-15-9-11-25(3)26(31)4)22-32(37)35(21-28-12-8-10-24(2)20-28)27(5)33(38)34-29-13-6-7-14-29/h8-12,15-20,27,29H,6-7,13-14,21-22H2,1-5H3,(H,34,38). The normalized spacial score (nSPS) is 14.5. The quantitative estimate of drug-likeness (QED) is 0.341. The largest absolute Gasteiger partial charge is 0.352 e. The lowest BCUT2D eigenvalue weighted by Gasteiger charge is -2.33. The topological polar surface area (TPSA) is 86.8 Å². The number of sulfonamides is 1.